The summed E-state index contributed by atoms with van der Waals surface area (Å²) in [5, 5.41) is 2.39. The number of sulfonamides is 1. The van der Waals surface area contributed by atoms with Crippen molar-refractivity contribution in [1.29, 1.82) is 0 Å². The Hall–Kier alpha value is -3.81. The number of carbonyl (C=O) groups excluding carboxylic acids is 1. The van der Waals surface area contributed by atoms with Crippen molar-refractivity contribution in [3.63, 3.8) is 0 Å². The Balaban J connectivity index is 1.88. The van der Waals surface area contributed by atoms with Crippen LogP contribution in [0.4, 0.5) is 22.0 Å². The van der Waals surface area contributed by atoms with Gasteiger partial charge in [-0.3, -0.25) is 4.79 Å². The van der Waals surface area contributed by atoms with Gasteiger partial charge in [-0.25, -0.2) is 13.4 Å². The first-order chi connectivity index (χ1) is 16.3. The van der Waals surface area contributed by atoms with Crippen molar-refractivity contribution >= 4 is 21.6 Å². The van der Waals surface area contributed by atoms with Crippen LogP contribution in [0.1, 0.15) is 22.3 Å². The highest BCUT2D eigenvalue weighted by molar-refractivity contribution is 7.89. The molecule has 3 rings (SSSR count). The van der Waals surface area contributed by atoms with E-state index in [1.54, 1.807) is 0 Å². The van der Waals surface area contributed by atoms with Crippen molar-refractivity contribution in [2.24, 2.45) is 4.40 Å². The molecule has 1 N–H and O–H groups in total. The average Bonchev–Trinajstić information content (AvgIpc) is 2.73. The summed E-state index contributed by atoms with van der Waals surface area (Å²) in [6.45, 7) is -3.06. The standard InChI is InChI=1S/C21H16F5N3O5S/c1-35(31,32)29-14-4-2-3-13(10-14)28-18(30)17-9-12(21(24,25)26)11-27-19(17)33-15-5-7-16(8-6-15)34-20(22)23/h2-9,11,20H,10H2,1H3,(H,28,30). The minimum atomic E-state index is -4.81. The lowest BCUT2D eigenvalue weighted by Crippen LogP contribution is -2.26. The molecule has 14 heteroatoms. The summed E-state index contributed by atoms with van der Waals surface area (Å²) in [5.74, 6) is -1.71. The Morgan fingerprint density at radius 3 is 2.43 bits per heavy atom. The molecule has 0 aliphatic heterocycles. The fraction of sp³-hybridized carbons (Fsp3) is 0.190. The fourth-order valence-electron chi connectivity index (χ4n) is 2.82. The van der Waals surface area contributed by atoms with E-state index >= 15 is 0 Å². The Kier molecular flexibility index (Phi) is 7.53. The summed E-state index contributed by atoms with van der Waals surface area (Å²) in [4.78, 5) is 16.4. The van der Waals surface area contributed by atoms with Gasteiger partial charge in [-0.2, -0.15) is 26.3 Å². The zero-order valence-electron chi connectivity index (χ0n) is 17.7. The lowest BCUT2D eigenvalue weighted by atomic mass is 10.1. The number of carbonyl (C=O) groups is 1. The normalized spacial score (nSPS) is 15.2. The number of pyridine rings is 1. The summed E-state index contributed by atoms with van der Waals surface area (Å²) >= 11 is 0. The predicted octanol–water partition coefficient (Wildman–Crippen LogP) is 4.47. The molecule has 0 saturated heterocycles. The number of nitrogens with zero attached hydrogens (tertiary/aromatic N) is 2. The van der Waals surface area contributed by atoms with Crippen LogP contribution >= 0.6 is 0 Å². The number of halogens is 5. The number of alkyl halides is 5. The van der Waals surface area contributed by atoms with Crippen LogP contribution in [-0.4, -0.2) is 37.9 Å². The van der Waals surface area contributed by atoms with E-state index in [2.05, 4.69) is 19.4 Å². The first kappa shape index (κ1) is 25.8. The Labute approximate surface area is 195 Å². The van der Waals surface area contributed by atoms with Crippen LogP contribution in [0.15, 0.2) is 64.9 Å². The van der Waals surface area contributed by atoms with Gasteiger partial charge < -0.3 is 14.8 Å². The average molecular weight is 517 g/mol. The molecule has 1 aliphatic carbocycles. The number of amides is 1. The van der Waals surface area contributed by atoms with E-state index in [1.165, 1.54) is 30.4 Å². The maximum atomic E-state index is 13.2. The van der Waals surface area contributed by atoms with Crippen molar-refractivity contribution in [3.8, 4) is 17.4 Å². The highest BCUT2D eigenvalue weighted by Gasteiger charge is 2.33. The first-order valence-corrected chi connectivity index (χ1v) is 11.4. The van der Waals surface area contributed by atoms with Gasteiger partial charge in [0.25, 0.3) is 5.91 Å². The minimum Gasteiger partial charge on any atom is -0.438 e. The van der Waals surface area contributed by atoms with Crippen LogP contribution in [0.25, 0.3) is 0 Å². The van der Waals surface area contributed by atoms with Crippen LogP contribution in [-0.2, 0) is 16.2 Å². The largest absolute Gasteiger partial charge is 0.438 e. The van der Waals surface area contributed by atoms with Gasteiger partial charge in [-0.05, 0) is 42.5 Å². The number of rotatable bonds is 7. The summed E-state index contributed by atoms with van der Waals surface area (Å²) in [7, 11) is -3.71. The van der Waals surface area contributed by atoms with Crippen molar-refractivity contribution in [3.05, 3.63) is 71.6 Å². The quantitative estimate of drug-likeness (QED) is 0.544. The number of hydrogen-bond donors (Lipinski definition) is 1. The van der Waals surface area contributed by atoms with Crippen LogP contribution in [0.3, 0.4) is 0 Å². The molecule has 1 aliphatic rings. The van der Waals surface area contributed by atoms with Crippen molar-refractivity contribution in [1.82, 2.24) is 10.3 Å². The number of hydrogen-bond acceptors (Lipinski definition) is 6. The lowest BCUT2D eigenvalue weighted by Gasteiger charge is -2.16. The van der Waals surface area contributed by atoms with Gasteiger partial charge in [0.2, 0.25) is 15.9 Å². The van der Waals surface area contributed by atoms with Crippen LogP contribution in [0.2, 0.25) is 0 Å². The molecule has 2 aromatic rings. The lowest BCUT2D eigenvalue weighted by molar-refractivity contribution is -0.137. The molecular formula is C21H16F5N3O5S. The van der Waals surface area contributed by atoms with E-state index in [1.807, 2.05) is 0 Å². The molecule has 1 amide bonds. The molecule has 1 heterocycles. The molecular weight excluding hydrogens is 501 g/mol. The third-order valence-electron chi connectivity index (χ3n) is 4.20. The summed E-state index contributed by atoms with van der Waals surface area (Å²) in [6, 6.07) is 5.19. The van der Waals surface area contributed by atoms with Gasteiger partial charge in [0.15, 0.2) is 0 Å². The maximum absolute atomic E-state index is 13.2. The van der Waals surface area contributed by atoms with Crippen LogP contribution in [0.5, 0.6) is 17.4 Å². The van der Waals surface area contributed by atoms with Crippen molar-refractivity contribution < 1.29 is 44.6 Å². The molecule has 0 radical (unpaired) electrons. The van der Waals surface area contributed by atoms with Gasteiger partial charge in [0.1, 0.15) is 17.1 Å². The summed E-state index contributed by atoms with van der Waals surface area (Å²) in [6.07, 6.45) is 0.670. The molecule has 8 nitrogen and oxygen atoms in total. The number of allylic oxidation sites excluding steroid dienone is 4. The Morgan fingerprint density at radius 2 is 1.83 bits per heavy atom. The highest BCUT2D eigenvalue weighted by Crippen LogP contribution is 2.33. The first-order valence-electron chi connectivity index (χ1n) is 9.57. The van der Waals surface area contributed by atoms with Crippen molar-refractivity contribution in [2.45, 2.75) is 19.2 Å². The minimum absolute atomic E-state index is 0.0182. The zero-order chi connectivity index (χ0) is 25.8. The maximum Gasteiger partial charge on any atom is 0.417 e. The summed E-state index contributed by atoms with van der Waals surface area (Å²) in [5.41, 5.74) is -1.52. The number of aromatic nitrogens is 1. The Bertz CT molecular complexity index is 1300. The highest BCUT2D eigenvalue weighted by atomic mass is 32.2. The van der Waals surface area contributed by atoms with Crippen LogP contribution < -0.4 is 14.8 Å². The van der Waals surface area contributed by atoms with Gasteiger partial charge in [-0.1, -0.05) is 6.08 Å². The Morgan fingerprint density at radius 1 is 1.17 bits per heavy atom. The van der Waals surface area contributed by atoms with Crippen molar-refractivity contribution in [2.75, 3.05) is 6.26 Å². The molecule has 35 heavy (non-hydrogen) atoms. The molecule has 0 atom stereocenters. The molecule has 0 fully saturated rings. The van der Waals surface area contributed by atoms with Gasteiger partial charge >= 0.3 is 12.8 Å². The number of nitrogens with one attached hydrogen (secondary N) is 1. The fourth-order valence-corrected chi connectivity index (χ4v) is 3.37. The second-order valence-electron chi connectivity index (χ2n) is 7.02. The summed E-state index contributed by atoms with van der Waals surface area (Å²) < 4.78 is 100. The van der Waals surface area contributed by atoms with E-state index in [4.69, 9.17) is 4.74 Å². The van der Waals surface area contributed by atoms with E-state index in [9.17, 15) is 35.2 Å². The van der Waals surface area contributed by atoms with E-state index in [0.717, 1.165) is 18.4 Å². The van der Waals surface area contributed by atoms with E-state index in [0.29, 0.717) is 12.3 Å². The predicted molar refractivity (Wildman–Crippen MR) is 114 cm³/mol. The SMILES string of the molecule is CS(=O)(=O)N=C1C=CC=C(NC(=O)c2cc(C(F)(F)F)cnc2Oc2ccc(OC(F)F)cc2)C1. The smallest absolute Gasteiger partial charge is 0.417 e. The van der Waals surface area contributed by atoms with E-state index in [-0.39, 0.29) is 29.3 Å². The molecule has 0 spiro atoms. The van der Waals surface area contributed by atoms with E-state index < -0.39 is 45.7 Å². The topological polar surface area (TPSA) is 107 Å². The monoisotopic (exact) mass is 517 g/mol. The van der Waals surface area contributed by atoms with Gasteiger partial charge in [0, 0.05) is 18.3 Å². The molecule has 1 aromatic heterocycles. The third kappa shape index (κ3) is 7.60. The molecule has 0 bridgehead atoms. The second kappa shape index (κ2) is 10.2. The molecule has 186 valence electrons. The van der Waals surface area contributed by atoms with Crippen LogP contribution in [0, 0.1) is 0 Å². The third-order valence-corrected chi connectivity index (χ3v) is 4.77. The molecule has 0 saturated carbocycles. The molecule has 0 unspecified atom stereocenters. The number of benzene rings is 1. The molecule has 1 aromatic carbocycles. The zero-order valence-corrected chi connectivity index (χ0v) is 18.5. The van der Waals surface area contributed by atoms with Gasteiger partial charge in [0.05, 0.1) is 17.5 Å². The van der Waals surface area contributed by atoms with Gasteiger partial charge in [-0.15, -0.1) is 0 Å². The second-order valence-corrected chi connectivity index (χ2v) is 8.67. The number of ether oxygens (including phenoxy) is 2.